The number of carbonyl (C=O) groups excluding carboxylic acids is 2. The molecular weight excluding hydrogens is 352 g/mol. The van der Waals surface area contributed by atoms with Gasteiger partial charge < -0.3 is 15.0 Å². The van der Waals surface area contributed by atoms with E-state index in [1.165, 1.54) is 0 Å². The van der Waals surface area contributed by atoms with Crippen LogP contribution in [0.25, 0.3) is 0 Å². The minimum Gasteiger partial charge on any atom is -0.457 e. The summed E-state index contributed by atoms with van der Waals surface area (Å²) in [4.78, 5) is 26.6. The van der Waals surface area contributed by atoms with Gasteiger partial charge in [-0.1, -0.05) is 44.2 Å². The number of ether oxygens (including phenoxy) is 1. The summed E-state index contributed by atoms with van der Waals surface area (Å²) in [5.74, 6) is 1.48. The zero-order valence-electron chi connectivity index (χ0n) is 16.6. The Hall–Kier alpha value is -2.82. The van der Waals surface area contributed by atoms with E-state index in [0.29, 0.717) is 13.1 Å². The number of likely N-dealkylation sites (tertiary alicyclic amines) is 1. The van der Waals surface area contributed by atoms with Gasteiger partial charge >= 0.3 is 0 Å². The molecule has 0 aliphatic carbocycles. The molecule has 5 heteroatoms. The summed E-state index contributed by atoms with van der Waals surface area (Å²) in [5.41, 5.74) is 0.979. The largest absolute Gasteiger partial charge is 0.457 e. The Morgan fingerprint density at radius 2 is 1.86 bits per heavy atom. The van der Waals surface area contributed by atoms with E-state index in [0.717, 1.165) is 36.4 Å². The molecule has 0 aromatic heterocycles. The second-order valence-electron chi connectivity index (χ2n) is 7.56. The second kappa shape index (κ2) is 9.40. The van der Waals surface area contributed by atoms with Gasteiger partial charge in [-0.2, -0.15) is 0 Å². The number of rotatable bonds is 6. The van der Waals surface area contributed by atoms with Crippen molar-refractivity contribution >= 4 is 11.8 Å². The quantitative estimate of drug-likeness (QED) is 0.824. The Bertz CT molecular complexity index is 805. The number of piperidine rings is 1. The van der Waals surface area contributed by atoms with E-state index in [2.05, 4.69) is 5.32 Å². The number of nitrogens with zero attached hydrogens (tertiary/aromatic N) is 1. The minimum atomic E-state index is -0.139. The van der Waals surface area contributed by atoms with Crippen LogP contribution in [0.3, 0.4) is 0 Å². The standard InChI is InChI=1S/C23H28N2O3/c1-17(2)23(27)25-13-7-9-19(16-25)22(26)24-15-18-8-6-12-21(14-18)28-20-10-4-3-5-11-20/h3-6,8,10-12,14,17,19H,7,9,13,15-16H2,1-2H3,(H,24,26). The van der Waals surface area contributed by atoms with Crippen molar-refractivity contribution in [3.63, 3.8) is 0 Å². The van der Waals surface area contributed by atoms with Crippen molar-refractivity contribution in [2.75, 3.05) is 13.1 Å². The Kier molecular flexibility index (Phi) is 6.69. The molecule has 28 heavy (non-hydrogen) atoms. The third-order valence-electron chi connectivity index (χ3n) is 4.94. The lowest BCUT2D eigenvalue weighted by Crippen LogP contribution is -2.46. The topological polar surface area (TPSA) is 58.6 Å². The average Bonchev–Trinajstić information content (AvgIpc) is 2.72. The molecule has 0 bridgehead atoms. The fourth-order valence-electron chi connectivity index (χ4n) is 3.43. The van der Waals surface area contributed by atoms with Gasteiger partial charge in [0.25, 0.3) is 0 Å². The molecule has 1 N–H and O–H groups in total. The van der Waals surface area contributed by atoms with Crippen LogP contribution in [0.4, 0.5) is 0 Å². The molecule has 1 aliphatic heterocycles. The van der Waals surface area contributed by atoms with E-state index in [9.17, 15) is 9.59 Å². The molecule has 1 fully saturated rings. The van der Waals surface area contributed by atoms with E-state index in [4.69, 9.17) is 4.74 Å². The summed E-state index contributed by atoms with van der Waals surface area (Å²) in [6, 6.07) is 17.3. The maximum absolute atomic E-state index is 12.6. The van der Waals surface area contributed by atoms with Crippen molar-refractivity contribution < 1.29 is 14.3 Å². The lowest BCUT2D eigenvalue weighted by Gasteiger charge is -2.33. The van der Waals surface area contributed by atoms with E-state index < -0.39 is 0 Å². The van der Waals surface area contributed by atoms with Gasteiger partial charge in [0.1, 0.15) is 11.5 Å². The van der Waals surface area contributed by atoms with Crippen LogP contribution in [-0.2, 0) is 16.1 Å². The van der Waals surface area contributed by atoms with Crippen molar-refractivity contribution in [3.05, 3.63) is 60.2 Å². The van der Waals surface area contributed by atoms with Crippen LogP contribution in [0.2, 0.25) is 0 Å². The highest BCUT2D eigenvalue weighted by molar-refractivity contribution is 5.82. The van der Waals surface area contributed by atoms with Crippen molar-refractivity contribution in [1.29, 1.82) is 0 Å². The lowest BCUT2D eigenvalue weighted by molar-refractivity contribution is -0.138. The van der Waals surface area contributed by atoms with Crippen LogP contribution in [0, 0.1) is 11.8 Å². The highest BCUT2D eigenvalue weighted by atomic mass is 16.5. The predicted octanol–water partition coefficient (Wildman–Crippen LogP) is 3.99. The summed E-state index contributed by atoms with van der Waals surface area (Å²) in [5, 5.41) is 3.02. The van der Waals surface area contributed by atoms with Crippen LogP contribution in [0.5, 0.6) is 11.5 Å². The SMILES string of the molecule is CC(C)C(=O)N1CCCC(C(=O)NCc2cccc(Oc3ccccc3)c2)C1. The Morgan fingerprint density at radius 1 is 1.11 bits per heavy atom. The molecule has 2 aromatic rings. The monoisotopic (exact) mass is 380 g/mol. The molecule has 0 saturated carbocycles. The maximum Gasteiger partial charge on any atom is 0.225 e. The predicted molar refractivity (Wildman–Crippen MR) is 109 cm³/mol. The van der Waals surface area contributed by atoms with Crippen molar-refractivity contribution in [3.8, 4) is 11.5 Å². The number of nitrogens with one attached hydrogen (secondary N) is 1. The molecule has 2 aromatic carbocycles. The number of amides is 2. The summed E-state index contributed by atoms with van der Waals surface area (Å²) in [6.07, 6.45) is 1.70. The maximum atomic E-state index is 12.6. The van der Waals surface area contributed by atoms with Gasteiger partial charge in [0.2, 0.25) is 11.8 Å². The van der Waals surface area contributed by atoms with Crippen LogP contribution < -0.4 is 10.1 Å². The average molecular weight is 380 g/mol. The van der Waals surface area contributed by atoms with Gasteiger partial charge in [0.05, 0.1) is 5.92 Å². The van der Waals surface area contributed by atoms with E-state index in [1.807, 2.05) is 73.3 Å². The summed E-state index contributed by atoms with van der Waals surface area (Å²) < 4.78 is 5.85. The first kappa shape index (κ1) is 19.9. The fourth-order valence-corrected chi connectivity index (χ4v) is 3.43. The molecule has 1 aliphatic rings. The normalized spacial score (nSPS) is 16.7. The Labute approximate surface area is 166 Å². The lowest BCUT2D eigenvalue weighted by atomic mass is 9.96. The highest BCUT2D eigenvalue weighted by Crippen LogP contribution is 2.22. The first-order chi connectivity index (χ1) is 13.5. The van der Waals surface area contributed by atoms with Crippen LogP contribution in [-0.4, -0.2) is 29.8 Å². The summed E-state index contributed by atoms with van der Waals surface area (Å²) in [6.45, 7) is 5.51. The molecule has 148 valence electrons. The molecule has 0 radical (unpaired) electrons. The third-order valence-corrected chi connectivity index (χ3v) is 4.94. The van der Waals surface area contributed by atoms with Crippen molar-refractivity contribution in [1.82, 2.24) is 10.2 Å². The number of benzene rings is 2. The summed E-state index contributed by atoms with van der Waals surface area (Å²) >= 11 is 0. The fraction of sp³-hybridized carbons (Fsp3) is 0.391. The van der Waals surface area contributed by atoms with Gasteiger partial charge in [0, 0.05) is 25.6 Å². The molecule has 2 amide bonds. The Balaban J connectivity index is 1.54. The number of carbonyl (C=O) groups is 2. The first-order valence-corrected chi connectivity index (χ1v) is 9.91. The van der Waals surface area contributed by atoms with Crippen LogP contribution in [0.15, 0.2) is 54.6 Å². The third kappa shape index (κ3) is 5.35. The molecule has 1 saturated heterocycles. The summed E-state index contributed by atoms with van der Waals surface area (Å²) in [7, 11) is 0. The number of para-hydroxylation sites is 1. The first-order valence-electron chi connectivity index (χ1n) is 9.91. The van der Waals surface area contributed by atoms with Crippen LogP contribution in [0.1, 0.15) is 32.3 Å². The molecule has 1 unspecified atom stereocenters. The molecule has 1 atom stereocenters. The van der Waals surface area contributed by atoms with Gasteiger partial charge in [0.15, 0.2) is 0 Å². The van der Waals surface area contributed by atoms with E-state index >= 15 is 0 Å². The minimum absolute atomic E-state index is 0.00985. The van der Waals surface area contributed by atoms with Gasteiger partial charge in [-0.15, -0.1) is 0 Å². The van der Waals surface area contributed by atoms with Crippen molar-refractivity contribution in [2.24, 2.45) is 11.8 Å². The van der Waals surface area contributed by atoms with Gasteiger partial charge in [-0.05, 0) is 42.7 Å². The van der Waals surface area contributed by atoms with E-state index in [1.54, 1.807) is 0 Å². The Morgan fingerprint density at radius 3 is 2.61 bits per heavy atom. The zero-order chi connectivity index (χ0) is 19.9. The van der Waals surface area contributed by atoms with E-state index in [-0.39, 0.29) is 23.7 Å². The van der Waals surface area contributed by atoms with Crippen LogP contribution >= 0.6 is 0 Å². The second-order valence-corrected chi connectivity index (χ2v) is 7.56. The highest BCUT2D eigenvalue weighted by Gasteiger charge is 2.29. The molecule has 5 nitrogen and oxygen atoms in total. The zero-order valence-corrected chi connectivity index (χ0v) is 16.6. The molecule has 0 spiro atoms. The molecule has 3 rings (SSSR count). The molecular formula is C23H28N2O3. The smallest absolute Gasteiger partial charge is 0.225 e. The number of hydrogen-bond donors (Lipinski definition) is 1. The number of hydrogen-bond acceptors (Lipinski definition) is 3. The van der Waals surface area contributed by atoms with Gasteiger partial charge in [-0.3, -0.25) is 9.59 Å². The van der Waals surface area contributed by atoms with Crippen molar-refractivity contribution in [2.45, 2.75) is 33.2 Å². The molecule has 1 heterocycles. The van der Waals surface area contributed by atoms with Gasteiger partial charge in [-0.25, -0.2) is 0 Å².